The molecule has 0 bridgehead atoms. The standard InChI is InChI=1S/C12H14F2N2OS2/c13-12(14)19-9-3-1-8(2-4-9)16-11(17)10-7-18-6-5-15-10/h1-4,10,12,15H,5-7H2,(H,16,17). The summed E-state index contributed by atoms with van der Waals surface area (Å²) in [5.74, 6) is -0.737. The fraction of sp³-hybridized carbons (Fsp3) is 0.417. The van der Waals surface area contributed by atoms with Crippen LogP contribution in [0, 0.1) is 0 Å². The molecule has 1 saturated heterocycles. The highest BCUT2D eigenvalue weighted by Gasteiger charge is 2.20. The number of anilines is 1. The fourth-order valence-electron chi connectivity index (χ4n) is 1.68. The Bertz CT molecular complexity index is 422. The molecule has 1 amide bonds. The lowest BCUT2D eigenvalue weighted by Crippen LogP contribution is -2.46. The first kappa shape index (κ1) is 14.6. The van der Waals surface area contributed by atoms with E-state index in [1.807, 2.05) is 0 Å². The summed E-state index contributed by atoms with van der Waals surface area (Å²) in [4.78, 5) is 12.4. The fourth-order valence-corrected chi connectivity index (χ4v) is 3.12. The highest BCUT2D eigenvalue weighted by atomic mass is 32.2. The van der Waals surface area contributed by atoms with Gasteiger partial charge >= 0.3 is 0 Å². The van der Waals surface area contributed by atoms with Gasteiger partial charge in [-0.25, -0.2) is 0 Å². The lowest BCUT2D eigenvalue weighted by molar-refractivity contribution is -0.117. The first-order chi connectivity index (χ1) is 9.15. The minimum absolute atomic E-state index is 0.0820. The van der Waals surface area contributed by atoms with Crippen LogP contribution >= 0.6 is 23.5 Å². The molecular weight excluding hydrogens is 290 g/mol. The number of hydrogen-bond donors (Lipinski definition) is 2. The minimum atomic E-state index is -2.43. The van der Waals surface area contributed by atoms with Crippen LogP contribution in [0.15, 0.2) is 29.2 Å². The Morgan fingerprint density at radius 3 is 2.74 bits per heavy atom. The van der Waals surface area contributed by atoms with Crippen molar-refractivity contribution in [2.45, 2.75) is 16.7 Å². The Hall–Kier alpha value is -0.790. The molecule has 2 rings (SSSR count). The van der Waals surface area contributed by atoms with Gasteiger partial charge in [-0.15, -0.1) is 0 Å². The van der Waals surface area contributed by atoms with E-state index in [1.165, 1.54) is 0 Å². The van der Waals surface area contributed by atoms with Crippen LogP contribution in [0.3, 0.4) is 0 Å². The molecule has 1 atom stereocenters. The van der Waals surface area contributed by atoms with Crippen molar-refractivity contribution in [1.82, 2.24) is 5.32 Å². The number of carbonyl (C=O) groups is 1. The van der Waals surface area contributed by atoms with E-state index in [0.717, 1.165) is 18.1 Å². The Balaban J connectivity index is 1.89. The molecule has 0 radical (unpaired) electrons. The number of benzene rings is 1. The molecule has 0 aromatic heterocycles. The predicted octanol–water partition coefficient (Wildman–Crippen LogP) is 2.64. The van der Waals surface area contributed by atoms with Crippen LogP contribution in [-0.4, -0.2) is 35.8 Å². The van der Waals surface area contributed by atoms with Gasteiger partial charge in [-0.05, 0) is 24.3 Å². The molecule has 0 aliphatic carbocycles. The van der Waals surface area contributed by atoms with E-state index in [1.54, 1.807) is 36.0 Å². The van der Waals surface area contributed by atoms with Gasteiger partial charge < -0.3 is 10.6 Å². The van der Waals surface area contributed by atoms with Crippen LogP contribution in [-0.2, 0) is 4.79 Å². The molecule has 1 aliphatic rings. The minimum Gasteiger partial charge on any atom is -0.325 e. The third-order valence-corrected chi connectivity index (χ3v) is 4.37. The zero-order chi connectivity index (χ0) is 13.7. The lowest BCUT2D eigenvalue weighted by Gasteiger charge is -2.22. The van der Waals surface area contributed by atoms with Crippen molar-refractivity contribution in [3.8, 4) is 0 Å². The molecule has 1 heterocycles. The first-order valence-corrected chi connectivity index (χ1v) is 7.85. The van der Waals surface area contributed by atoms with E-state index in [2.05, 4.69) is 10.6 Å². The van der Waals surface area contributed by atoms with E-state index >= 15 is 0 Å². The van der Waals surface area contributed by atoms with Crippen molar-refractivity contribution < 1.29 is 13.6 Å². The van der Waals surface area contributed by atoms with Gasteiger partial charge in [-0.3, -0.25) is 4.79 Å². The number of nitrogens with one attached hydrogen (secondary N) is 2. The maximum atomic E-state index is 12.2. The second-order valence-electron chi connectivity index (χ2n) is 3.97. The van der Waals surface area contributed by atoms with Crippen LogP contribution in [0.5, 0.6) is 0 Å². The summed E-state index contributed by atoms with van der Waals surface area (Å²) in [7, 11) is 0. The largest absolute Gasteiger partial charge is 0.325 e. The van der Waals surface area contributed by atoms with Crippen LogP contribution < -0.4 is 10.6 Å². The molecule has 1 aromatic rings. The second kappa shape index (κ2) is 7.12. The molecule has 1 aromatic carbocycles. The third-order valence-electron chi connectivity index (χ3n) is 2.59. The van der Waals surface area contributed by atoms with Crippen LogP contribution in [0.25, 0.3) is 0 Å². The predicted molar refractivity (Wildman–Crippen MR) is 76.0 cm³/mol. The van der Waals surface area contributed by atoms with Gasteiger partial charge in [0.25, 0.3) is 5.76 Å². The molecule has 3 nitrogen and oxygen atoms in total. The maximum Gasteiger partial charge on any atom is 0.288 e. The molecule has 1 fully saturated rings. The zero-order valence-electron chi connectivity index (χ0n) is 10.1. The van der Waals surface area contributed by atoms with Crippen LogP contribution in [0.1, 0.15) is 0 Å². The number of carbonyl (C=O) groups excluding carboxylic acids is 1. The van der Waals surface area contributed by atoms with Crippen LogP contribution in [0.4, 0.5) is 14.5 Å². The average Bonchev–Trinajstić information content (AvgIpc) is 2.41. The SMILES string of the molecule is O=C(Nc1ccc(SC(F)F)cc1)C1CSCCN1. The van der Waals surface area contributed by atoms with E-state index in [4.69, 9.17) is 0 Å². The van der Waals surface area contributed by atoms with Gasteiger partial charge in [0.2, 0.25) is 5.91 Å². The van der Waals surface area contributed by atoms with Crippen LogP contribution in [0.2, 0.25) is 0 Å². The quantitative estimate of drug-likeness (QED) is 0.839. The molecule has 0 saturated carbocycles. The summed E-state index contributed by atoms with van der Waals surface area (Å²) in [5, 5.41) is 5.92. The summed E-state index contributed by atoms with van der Waals surface area (Å²) < 4.78 is 24.3. The Labute approximate surface area is 118 Å². The number of hydrogen-bond acceptors (Lipinski definition) is 4. The van der Waals surface area contributed by atoms with E-state index in [0.29, 0.717) is 22.3 Å². The smallest absolute Gasteiger partial charge is 0.288 e. The highest BCUT2D eigenvalue weighted by molar-refractivity contribution is 7.99. The monoisotopic (exact) mass is 304 g/mol. The van der Waals surface area contributed by atoms with Gasteiger partial charge in [-0.2, -0.15) is 20.5 Å². The third kappa shape index (κ3) is 4.67. The van der Waals surface area contributed by atoms with E-state index < -0.39 is 5.76 Å². The molecule has 1 aliphatic heterocycles. The molecular formula is C12H14F2N2OS2. The van der Waals surface area contributed by atoms with Crippen molar-refractivity contribution >= 4 is 35.1 Å². The Kier molecular flexibility index (Phi) is 5.47. The number of thioether (sulfide) groups is 2. The number of alkyl halides is 2. The Morgan fingerprint density at radius 1 is 1.42 bits per heavy atom. The number of halogens is 2. The van der Waals surface area contributed by atoms with Crippen molar-refractivity contribution in [2.75, 3.05) is 23.4 Å². The van der Waals surface area contributed by atoms with E-state index in [-0.39, 0.29) is 11.9 Å². The van der Waals surface area contributed by atoms with Crippen molar-refractivity contribution in [2.24, 2.45) is 0 Å². The van der Waals surface area contributed by atoms with E-state index in [9.17, 15) is 13.6 Å². The second-order valence-corrected chi connectivity index (χ2v) is 6.19. The molecule has 2 N–H and O–H groups in total. The summed E-state index contributed by atoms with van der Waals surface area (Å²) in [5.41, 5.74) is 0.626. The Morgan fingerprint density at radius 2 is 2.16 bits per heavy atom. The average molecular weight is 304 g/mol. The highest BCUT2D eigenvalue weighted by Crippen LogP contribution is 2.26. The van der Waals surface area contributed by atoms with Gasteiger partial charge in [0.1, 0.15) is 0 Å². The lowest BCUT2D eigenvalue weighted by atomic mass is 10.2. The number of amides is 1. The number of rotatable bonds is 4. The van der Waals surface area contributed by atoms with Crippen molar-refractivity contribution in [3.63, 3.8) is 0 Å². The maximum absolute atomic E-state index is 12.2. The normalized spacial score (nSPS) is 19.4. The van der Waals surface area contributed by atoms with Gasteiger partial charge in [0, 0.05) is 28.6 Å². The molecule has 7 heteroatoms. The topological polar surface area (TPSA) is 41.1 Å². The van der Waals surface area contributed by atoms with Gasteiger partial charge in [0.15, 0.2) is 0 Å². The summed E-state index contributed by atoms with van der Waals surface area (Å²) in [6.45, 7) is 0.826. The zero-order valence-corrected chi connectivity index (χ0v) is 11.7. The summed E-state index contributed by atoms with van der Waals surface area (Å²) in [6, 6.07) is 6.25. The molecule has 1 unspecified atom stereocenters. The van der Waals surface area contributed by atoms with Crippen molar-refractivity contribution in [1.29, 1.82) is 0 Å². The van der Waals surface area contributed by atoms with Gasteiger partial charge in [0.05, 0.1) is 6.04 Å². The first-order valence-electron chi connectivity index (χ1n) is 5.82. The van der Waals surface area contributed by atoms with Gasteiger partial charge in [-0.1, -0.05) is 11.8 Å². The summed E-state index contributed by atoms with van der Waals surface area (Å²) in [6.07, 6.45) is 0. The molecule has 19 heavy (non-hydrogen) atoms. The molecule has 104 valence electrons. The van der Waals surface area contributed by atoms with Crippen molar-refractivity contribution in [3.05, 3.63) is 24.3 Å². The summed E-state index contributed by atoms with van der Waals surface area (Å²) >= 11 is 2.23. The molecule has 0 spiro atoms.